The number of nitrogens with zero attached hydrogens (tertiary/aromatic N) is 3. The van der Waals surface area contributed by atoms with Gasteiger partial charge >= 0.3 is 5.97 Å². The molecule has 0 aliphatic rings. The number of carboxylic acids is 1. The number of aromatic carboxylic acids is 1. The van der Waals surface area contributed by atoms with E-state index < -0.39 is 5.97 Å². The molecule has 0 fully saturated rings. The molecule has 0 spiro atoms. The van der Waals surface area contributed by atoms with Crippen molar-refractivity contribution in [1.29, 1.82) is 0 Å². The third-order valence-corrected chi connectivity index (χ3v) is 3.25. The first-order chi connectivity index (χ1) is 10.3. The van der Waals surface area contributed by atoms with Gasteiger partial charge in [0.05, 0.1) is 18.3 Å². The van der Waals surface area contributed by atoms with E-state index in [-0.39, 0.29) is 0 Å². The fourth-order valence-corrected chi connectivity index (χ4v) is 2.33. The second-order valence-electron chi connectivity index (χ2n) is 4.61. The van der Waals surface area contributed by atoms with Gasteiger partial charge in [-0.05, 0) is 16.7 Å². The highest BCUT2D eigenvalue weighted by Crippen LogP contribution is 2.26. The molecule has 1 aromatic heterocycles. The molecule has 0 unspecified atom stereocenters. The second kappa shape index (κ2) is 5.58. The van der Waals surface area contributed by atoms with E-state index in [0.29, 0.717) is 23.2 Å². The van der Waals surface area contributed by atoms with Crippen LogP contribution in [0.5, 0.6) is 0 Å². The van der Waals surface area contributed by atoms with Crippen molar-refractivity contribution in [3.8, 4) is 11.1 Å². The molecule has 1 N–H and O–H groups in total. The Bertz CT molecular complexity index is 752. The Morgan fingerprint density at radius 2 is 1.90 bits per heavy atom. The number of hydrogen-bond donors (Lipinski definition) is 1. The molecule has 3 rings (SSSR count). The molecule has 0 atom stereocenters. The van der Waals surface area contributed by atoms with E-state index in [4.69, 9.17) is 0 Å². The van der Waals surface area contributed by atoms with Crippen LogP contribution in [0.3, 0.4) is 0 Å². The quantitative estimate of drug-likeness (QED) is 0.797. The molecular formula is C16H13N3O2. The highest BCUT2D eigenvalue weighted by atomic mass is 16.4. The lowest BCUT2D eigenvalue weighted by Crippen LogP contribution is -2.09. The Kier molecular flexibility index (Phi) is 3.47. The first kappa shape index (κ1) is 13.1. The van der Waals surface area contributed by atoms with Crippen LogP contribution in [-0.4, -0.2) is 26.1 Å². The van der Waals surface area contributed by atoms with E-state index in [0.717, 1.165) is 5.56 Å². The number of rotatable bonds is 4. The maximum absolute atomic E-state index is 11.7. The van der Waals surface area contributed by atoms with E-state index in [1.54, 1.807) is 23.1 Å². The van der Waals surface area contributed by atoms with Crippen molar-refractivity contribution in [2.45, 2.75) is 6.54 Å². The molecule has 0 saturated carbocycles. The van der Waals surface area contributed by atoms with Crippen molar-refractivity contribution in [1.82, 2.24) is 15.0 Å². The Hall–Kier alpha value is -2.95. The molecule has 0 saturated heterocycles. The van der Waals surface area contributed by atoms with Gasteiger partial charge in [0.2, 0.25) is 0 Å². The summed E-state index contributed by atoms with van der Waals surface area (Å²) in [5, 5.41) is 17.2. The summed E-state index contributed by atoms with van der Waals surface area (Å²) in [7, 11) is 0. The largest absolute Gasteiger partial charge is 0.478 e. The van der Waals surface area contributed by atoms with Gasteiger partial charge in [-0.25, -0.2) is 9.48 Å². The van der Waals surface area contributed by atoms with Gasteiger partial charge in [-0.3, -0.25) is 0 Å². The zero-order valence-electron chi connectivity index (χ0n) is 11.2. The fourth-order valence-electron chi connectivity index (χ4n) is 2.33. The van der Waals surface area contributed by atoms with E-state index >= 15 is 0 Å². The van der Waals surface area contributed by atoms with Crippen LogP contribution in [0.25, 0.3) is 11.1 Å². The molecule has 5 nitrogen and oxygen atoms in total. The second-order valence-corrected chi connectivity index (χ2v) is 4.61. The number of hydrogen-bond acceptors (Lipinski definition) is 3. The summed E-state index contributed by atoms with van der Waals surface area (Å²) < 4.78 is 1.61. The van der Waals surface area contributed by atoms with Crippen LogP contribution in [0, 0.1) is 0 Å². The lowest BCUT2D eigenvalue weighted by Gasteiger charge is -2.11. The average Bonchev–Trinajstić information content (AvgIpc) is 3.00. The first-order valence-electron chi connectivity index (χ1n) is 6.50. The third-order valence-electron chi connectivity index (χ3n) is 3.25. The Balaban J connectivity index is 2.11. The van der Waals surface area contributed by atoms with Crippen LogP contribution in [0.2, 0.25) is 0 Å². The molecule has 5 heteroatoms. The topological polar surface area (TPSA) is 68.0 Å². The minimum atomic E-state index is -0.940. The highest BCUT2D eigenvalue weighted by Gasteiger charge is 2.16. The standard InChI is InChI=1S/C16H13N3O2/c20-16(21)15-13(11-19-10-9-17-18-19)7-4-8-14(15)12-5-2-1-3-6-12/h1-10H,11H2,(H,20,21). The summed E-state index contributed by atoms with van der Waals surface area (Å²) in [5.74, 6) is -0.940. The third kappa shape index (κ3) is 2.67. The number of aromatic nitrogens is 3. The van der Waals surface area contributed by atoms with Crippen molar-refractivity contribution in [2.24, 2.45) is 0 Å². The van der Waals surface area contributed by atoms with Gasteiger partial charge in [0.15, 0.2) is 0 Å². The van der Waals surface area contributed by atoms with Gasteiger partial charge in [-0.15, -0.1) is 5.10 Å². The molecular weight excluding hydrogens is 266 g/mol. The van der Waals surface area contributed by atoms with Gasteiger partial charge in [-0.1, -0.05) is 53.7 Å². The number of benzene rings is 2. The van der Waals surface area contributed by atoms with Gasteiger partial charge < -0.3 is 5.11 Å². The van der Waals surface area contributed by atoms with Crippen molar-refractivity contribution in [3.63, 3.8) is 0 Å². The first-order valence-corrected chi connectivity index (χ1v) is 6.50. The van der Waals surface area contributed by atoms with Crippen molar-refractivity contribution >= 4 is 5.97 Å². The zero-order valence-corrected chi connectivity index (χ0v) is 11.2. The Morgan fingerprint density at radius 3 is 2.57 bits per heavy atom. The van der Waals surface area contributed by atoms with Crippen molar-refractivity contribution < 1.29 is 9.90 Å². The van der Waals surface area contributed by atoms with E-state index in [2.05, 4.69) is 10.3 Å². The molecule has 0 radical (unpaired) electrons. The van der Waals surface area contributed by atoms with Crippen LogP contribution < -0.4 is 0 Å². The predicted molar refractivity (Wildman–Crippen MR) is 78.0 cm³/mol. The lowest BCUT2D eigenvalue weighted by atomic mass is 9.95. The summed E-state index contributed by atoms with van der Waals surface area (Å²) in [5.41, 5.74) is 2.60. The Morgan fingerprint density at radius 1 is 1.10 bits per heavy atom. The SMILES string of the molecule is O=C(O)c1c(Cn2ccnn2)cccc1-c1ccccc1. The molecule has 0 aliphatic carbocycles. The molecule has 3 aromatic rings. The van der Waals surface area contributed by atoms with Gasteiger partial charge in [-0.2, -0.15) is 0 Å². The maximum Gasteiger partial charge on any atom is 0.336 e. The monoisotopic (exact) mass is 279 g/mol. The van der Waals surface area contributed by atoms with E-state index in [9.17, 15) is 9.90 Å². The van der Waals surface area contributed by atoms with Gasteiger partial charge in [0.1, 0.15) is 0 Å². The molecule has 1 heterocycles. The van der Waals surface area contributed by atoms with Crippen LogP contribution in [0.4, 0.5) is 0 Å². The normalized spacial score (nSPS) is 10.5. The summed E-state index contributed by atoms with van der Waals surface area (Å²) >= 11 is 0. The number of carboxylic acid groups (broad SMARTS) is 1. The summed E-state index contributed by atoms with van der Waals surface area (Å²) in [6, 6.07) is 15.0. The summed E-state index contributed by atoms with van der Waals surface area (Å²) in [4.78, 5) is 11.7. The smallest absolute Gasteiger partial charge is 0.336 e. The van der Waals surface area contributed by atoms with E-state index in [1.165, 1.54) is 0 Å². The summed E-state index contributed by atoms with van der Waals surface area (Å²) in [6.07, 6.45) is 3.28. The number of carbonyl (C=O) groups is 1. The molecule has 0 bridgehead atoms. The fraction of sp³-hybridized carbons (Fsp3) is 0.0625. The van der Waals surface area contributed by atoms with E-state index in [1.807, 2.05) is 42.5 Å². The van der Waals surface area contributed by atoms with Crippen molar-refractivity contribution in [3.05, 3.63) is 72.1 Å². The molecule has 2 aromatic carbocycles. The van der Waals surface area contributed by atoms with Gasteiger partial charge in [0, 0.05) is 6.20 Å². The van der Waals surface area contributed by atoms with Gasteiger partial charge in [0.25, 0.3) is 0 Å². The maximum atomic E-state index is 11.7. The average molecular weight is 279 g/mol. The minimum absolute atomic E-state index is 0.305. The molecule has 21 heavy (non-hydrogen) atoms. The molecule has 104 valence electrons. The minimum Gasteiger partial charge on any atom is -0.478 e. The molecule has 0 aliphatic heterocycles. The van der Waals surface area contributed by atoms with Crippen LogP contribution in [0.15, 0.2) is 60.9 Å². The lowest BCUT2D eigenvalue weighted by molar-refractivity contribution is 0.0696. The summed E-state index contributed by atoms with van der Waals surface area (Å²) in [6.45, 7) is 0.377. The van der Waals surface area contributed by atoms with Crippen LogP contribution in [-0.2, 0) is 6.54 Å². The van der Waals surface area contributed by atoms with Crippen LogP contribution in [0.1, 0.15) is 15.9 Å². The predicted octanol–water partition coefficient (Wildman–Crippen LogP) is 2.69. The van der Waals surface area contributed by atoms with Crippen LogP contribution >= 0.6 is 0 Å². The molecule has 0 amide bonds. The zero-order chi connectivity index (χ0) is 14.7. The highest BCUT2D eigenvalue weighted by molar-refractivity contribution is 5.97. The van der Waals surface area contributed by atoms with Crippen molar-refractivity contribution in [2.75, 3.05) is 0 Å². The Labute approximate surface area is 121 Å².